The Morgan fingerprint density at radius 2 is 2.00 bits per heavy atom. The summed E-state index contributed by atoms with van der Waals surface area (Å²) < 4.78 is 1.01. The van der Waals surface area contributed by atoms with Crippen LogP contribution in [-0.4, -0.2) is 15.7 Å². The van der Waals surface area contributed by atoms with Crippen LogP contribution in [0.15, 0.2) is 0 Å². The number of amides is 2. The zero-order chi connectivity index (χ0) is 7.94. The smallest absolute Gasteiger partial charge is 0.245 e. The average Bonchev–Trinajstić information content (AvgIpc) is 1.95. The summed E-state index contributed by atoms with van der Waals surface area (Å²) >= 11 is 2.88. The normalized spacial score (nSPS) is 24.1. The molecule has 0 radical (unpaired) electrons. The second-order valence-electron chi connectivity index (χ2n) is 3.04. The lowest BCUT2D eigenvalue weighted by atomic mass is 9.92. The van der Waals surface area contributed by atoms with E-state index in [-0.39, 0.29) is 11.8 Å². The number of hydrogen-bond acceptors (Lipinski definition) is 2. The predicted molar refractivity (Wildman–Crippen MR) is 39.2 cm³/mol. The summed E-state index contributed by atoms with van der Waals surface area (Å²) in [6, 6.07) is 0. The number of halogens is 1. The van der Waals surface area contributed by atoms with Crippen LogP contribution in [0.2, 0.25) is 0 Å². The lowest BCUT2D eigenvalue weighted by Gasteiger charge is -2.11. The summed E-state index contributed by atoms with van der Waals surface area (Å²) in [6.45, 7) is 3.52. The van der Waals surface area contributed by atoms with Crippen LogP contribution in [0, 0.1) is 5.41 Å². The fraction of sp³-hybridized carbons (Fsp3) is 0.667. The Balaban J connectivity index is 2.92. The molecule has 0 atom stereocenters. The van der Waals surface area contributed by atoms with Crippen LogP contribution < -0.4 is 0 Å². The van der Waals surface area contributed by atoms with E-state index in [1.165, 1.54) is 0 Å². The van der Waals surface area contributed by atoms with Crippen LogP contribution in [0.5, 0.6) is 0 Å². The first-order valence-corrected chi connectivity index (χ1v) is 3.69. The minimum Gasteiger partial charge on any atom is -0.273 e. The van der Waals surface area contributed by atoms with Gasteiger partial charge in [0.15, 0.2) is 0 Å². The van der Waals surface area contributed by atoms with E-state index in [9.17, 15) is 9.59 Å². The van der Waals surface area contributed by atoms with E-state index in [2.05, 4.69) is 16.1 Å². The Morgan fingerprint density at radius 1 is 1.50 bits per heavy atom. The molecule has 0 N–H and O–H groups in total. The molecule has 0 spiro atoms. The highest BCUT2D eigenvalue weighted by atomic mass is 79.9. The van der Waals surface area contributed by atoms with E-state index in [1.54, 1.807) is 13.8 Å². The highest BCUT2D eigenvalue weighted by Crippen LogP contribution is 2.33. The Hall–Kier alpha value is -0.380. The second kappa shape index (κ2) is 2.05. The summed E-state index contributed by atoms with van der Waals surface area (Å²) in [5.41, 5.74) is -0.513. The van der Waals surface area contributed by atoms with Crippen molar-refractivity contribution in [2.24, 2.45) is 5.41 Å². The zero-order valence-corrected chi connectivity index (χ0v) is 7.43. The highest BCUT2D eigenvalue weighted by Gasteiger charge is 2.43. The molecule has 4 heteroatoms. The van der Waals surface area contributed by atoms with Crippen molar-refractivity contribution in [1.29, 1.82) is 0 Å². The van der Waals surface area contributed by atoms with Gasteiger partial charge in [0.1, 0.15) is 0 Å². The Bertz CT molecular complexity index is 200. The van der Waals surface area contributed by atoms with Crippen molar-refractivity contribution in [3.05, 3.63) is 0 Å². The Kier molecular flexibility index (Phi) is 1.58. The standard InChI is InChI=1S/C6H8BrNO2/c1-6(2)3-4(9)8(7)5(6)10/h3H2,1-2H3. The van der Waals surface area contributed by atoms with E-state index in [1.807, 2.05) is 0 Å². The molecule has 0 bridgehead atoms. The third-order valence-corrected chi connectivity index (χ3v) is 2.29. The van der Waals surface area contributed by atoms with Crippen LogP contribution in [0.4, 0.5) is 0 Å². The number of rotatable bonds is 0. The first kappa shape index (κ1) is 7.72. The third kappa shape index (κ3) is 0.963. The van der Waals surface area contributed by atoms with Gasteiger partial charge in [0.2, 0.25) is 11.8 Å². The third-order valence-electron chi connectivity index (χ3n) is 1.57. The first-order valence-electron chi connectivity index (χ1n) is 2.98. The van der Waals surface area contributed by atoms with Crippen LogP contribution in [0.3, 0.4) is 0 Å². The summed E-state index contributed by atoms with van der Waals surface area (Å²) in [6.07, 6.45) is 0.303. The van der Waals surface area contributed by atoms with Crippen molar-refractivity contribution in [2.45, 2.75) is 20.3 Å². The molecule has 1 saturated heterocycles. The summed E-state index contributed by atoms with van der Waals surface area (Å²) in [4.78, 5) is 22.0. The van der Waals surface area contributed by atoms with E-state index in [4.69, 9.17) is 0 Å². The summed E-state index contributed by atoms with van der Waals surface area (Å²) in [7, 11) is 0. The van der Waals surface area contributed by atoms with Crippen molar-refractivity contribution < 1.29 is 9.59 Å². The van der Waals surface area contributed by atoms with Gasteiger partial charge in [-0.2, -0.15) is 0 Å². The van der Waals surface area contributed by atoms with E-state index < -0.39 is 5.41 Å². The molecule has 3 nitrogen and oxygen atoms in total. The van der Waals surface area contributed by atoms with Crippen LogP contribution >= 0.6 is 16.1 Å². The SMILES string of the molecule is CC1(C)CC(=O)N(Br)C1=O. The van der Waals surface area contributed by atoms with Crippen molar-refractivity contribution in [1.82, 2.24) is 3.93 Å². The largest absolute Gasteiger partial charge is 0.273 e. The van der Waals surface area contributed by atoms with Gasteiger partial charge in [-0.15, -0.1) is 0 Å². The fourth-order valence-corrected chi connectivity index (χ4v) is 1.51. The van der Waals surface area contributed by atoms with Gasteiger partial charge < -0.3 is 0 Å². The average molecular weight is 206 g/mol. The van der Waals surface area contributed by atoms with E-state index in [0.29, 0.717) is 6.42 Å². The molecule has 0 aromatic carbocycles. The minimum atomic E-state index is -0.513. The number of nitrogens with zero attached hydrogens (tertiary/aromatic N) is 1. The molecule has 1 heterocycles. The summed E-state index contributed by atoms with van der Waals surface area (Å²) in [5, 5.41) is 0. The van der Waals surface area contributed by atoms with Crippen molar-refractivity contribution in [3.63, 3.8) is 0 Å². The van der Waals surface area contributed by atoms with Gasteiger partial charge in [0.25, 0.3) is 0 Å². The van der Waals surface area contributed by atoms with Gasteiger partial charge in [-0.3, -0.25) is 9.59 Å². The number of carbonyl (C=O) groups excluding carboxylic acids is 2. The van der Waals surface area contributed by atoms with E-state index >= 15 is 0 Å². The molecule has 10 heavy (non-hydrogen) atoms. The molecule has 0 saturated carbocycles. The monoisotopic (exact) mass is 205 g/mol. The van der Waals surface area contributed by atoms with Gasteiger partial charge in [-0.1, -0.05) is 13.8 Å². The van der Waals surface area contributed by atoms with Gasteiger partial charge >= 0.3 is 0 Å². The molecule has 1 aliphatic rings. The molecule has 2 amide bonds. The molecule has 0 aromatic rings. The van der Waals surface area contributed by atoms with Crippen molar-refractivity contribution in [2.75, 3.05) is 0 Å². The van der Waals surface area contributed by atoms with Gasteiger partial charge in [-0.05, 0) is 0 Å². The number of hydrogen-bond donors (Lipinski definition) is 0. The predicted octanol–water partition coefficient (Wildman–Crippen LogP) is 1.08. The number of carbonyl (C=O) groups is 2. The van der Waals surface area contributed by atoms with E-state index in [0.717, 1.165) is 3.93 Å². The van der Waals surface area contributed by atoms with Crippen molar-refractivity contribution >= 4 is 28.0 Å². The molecule has 0 aliphatic carbocycles. The lowest BCUT2D eigenvalue weighted by Crippen LogP contribution is -2.24. The molecule has 0 unspecified atom stereocenters. The van der Waals surface area contributed by atoms with Gasteiger partial charge in [0.05, 0.1) is 21.6 Å². The quantitative estimate of drug-likeness (QED) is 0.439. The minimum absolute atomic E-state index is 0.155. The van der Waals surface area contributed by atoms with Gasteiger partial charge in [-0.25, -0.2) is 3.93 Å². The van der Waals surface area contributed by atoms with Crippen LogP contribution in [0.1, 0.15) is 20.3 Å². The maximum Gasteiger partial charge on any atom is 0.245 e. The molecular weight excluding hydrogens is 198 g/mol. The number of imide groups is 1. The van der Waals surface area contributed by atoms with Crippen LogP contribution in [-0.2, 0) is 9.59 Å². The highest BCUT2D eigenvalue weighted by molar-refractivity contribution is 9.08. The molecule has 1 fully saturated rings. The lowest BCUT2D eigenvalue weighted by molar-refractivity contribution is -0.133. The fourth-order valence-electron chi connectivity index (χ4n) is 0.902. The second-order valence-corrected chi connectivity index (χ2v) is 3.75. The Labute approximate surface area is 67.7 Å². The van der Waals surface area contributed by atoms with Crippen molar-refractivity contribution in [3.8, 4) is 0 Å². The Morgan fingerprint density at radius 3 is 2.10 bits per heavy atom. The topological polar surface area (TPSA) is 37.4 Å². The zero-order valence-electron chi connectivity index (χ0n) is 5.85. The maximum atomic E-state index is 11.1. The molecular formula is C6H8BrNO2. The first-order chi connectivity index (χ1) is 4.45. The molecule has 1 rings (SSSR count). The summed E-state index contributed by atoms with van der Waals surface area (Å²) in [5.74, 6) is -0.312. The molecule has 0 aromatic heterocycles. The molecule has 56 valence electrons. The molecule has 1 aliphatic heterocycles. The van der Waals surface area contributed by atoms with Gasteiger partial charge in [0, 0.05) is 6.42 Å². The maximum absolute atomic E-state index is 11.1. The van der Waals surface area contributed by atoms with Crippen LogP contribution in [0.25, 0.3) is 0 Å².